The lowest BCUT2D eigenvalue weighted by Crippen LogP contribution is -2.11. The van der Waals surface area contributed by atoms with Crippen molar-refractivity contribution in [3.8, 4) is 5.75 Å². The Balaban J connectivity index is 2.23. The van der Waals surface area contributed by atoms with Crippen molar-refractivity contribution < 1.29 is 19.1 Å². The molecule has 2 aromatic rings. The van der Waals surface area contributed by atoms with Crippen molar-refractivity contribution in [1.82, 2.24) is 0 Å². The van der Waals surface area contributed by atoms with E-state index in [1.165, 1.54) is 24.5 Å². The first kappa shape index (κ1) is 18.7. The maximum Gasteiger partial charge on any atom is 0.341 e. The third-order valence-corrected chi connectivity index (χ3v) is 4.93. The molecular formula is C19H21NO4S. The molecule has 1 aromatic carbocycles. The molecule has 0 saturated heterocycles. The summed E-state index contributed by atoms with van der Waals surface area (Å²) in [4.78, 5) is 25.2. The van der Waals surface area contributed by atoms with Gasteiger partial charge in [-0.05, 0) is 44.5 Å². The Kier molecular flexibility index (Phi) is 5.98. The van der Waals surface area contributed by atoms with Crippen LogP contribution in [0.15, 0.2) is 24.3 Å². The summed E-state index contributed by atoms with van der Waals surface area (Å²) in [6.07, 6.45) is 3.11. The first-order chi connectivity index (χ1) is 11.9. The first-order valence-corrected chi connectivity index (χ1v) is 8.51. The summed E-state index contributed by atoms with van der Waals surface area (Å²) in [6, 6.07) is 5.73. The van der Waals surface area contributed by atoms with Crippen LogP contribution in [0.25, 0.3) is 6.08 Å². The van der Waals surface area contributed by atoms with E-state index in [2.05, 4.69) is 5.32 Å². The highest BCUT2D eigenvalue weighted by molar-refractivity contribution is 7.16. The van der Waals surface area contributed by atoms with Gasteiger partial charge < -0.3 is 14.8 Å². The van der Waals surface area contributed by atoms with E-state index in [0.717, 1.165) is 21.6 Å². The van der Waals surface area contributed by atoms with Crippen molar-refractivity contribution in [3.05, 3.63) is 51.4 Å². The van der Waals surface area contributed by atoms with Crippen molar-refractivity contribution in [2.24, 2.45) is 0 Å². The number of hydrogen-bond donors (Lipinski definition) is 1. The number of thiophene rings is 1. The third-order valence-electron chi connectivity index (χ3n) is 3.81. The van der Waals surface area contributed by atoms with Crippen LogP contribution in [0, 0.1) is 20.8 Å². The van der Waals surface area contributed by atoms with Crippen molar-refractivity contribution in [3.63, 3.8) is 0 Å². The Labute approximate surface area is 151 Å². The van der Waals surface area contributed by atoms with E-state index in [1.54, 1.807) is 13.2 Å². The molecule has 2 rings (SSSR count). The quantitative estimate of drug-likeness (QED) is 0.644. The van der Waals surface area contributed by atoms with E-state index in [0.29, 0.717) is 16.3 Å². The topological polar surface area (TPSA) is 64.6 Å². The number of ether oxygens (including phenoxy) is 2. The summed E-state index contributed by atoms with van der Waals surface area (Å²) in [5, 5.41) is 3.25. The molecule has 0 saturated carbocycles. The fourth-order valence-corrected chi connectivity index (χ4v) is 3.42. The average molecular weight is 359 g/mol. The maximum atomic E-state index is 12.3. The number of carbonyl (C=O) groups is 2. The minimum atomic E-state index is -0.457. The third kappa shape index (κ3) is 4.28. The molecule has 6 heteroatoms. The fraction of sp³-hybridized carbons (Fsp3) is 0.263. The van der Waals surface area contributed by atoms with Crippen LogP contribution in [0.3, 0.4) is 0 Å². The molecule has 0 fully saturated rings. The molecule has 1 amide bonds. The van der Waals surface area contributed by atoms with Crippen LogP contribution in [0.1, 0.15) is 31.9 Å². The van der Waals surface area contributed by atoms with Gasteiger partial charge in [-0.1, -0.05) is 11.6 Å². The second kappa shape index (κ2) is 7.98. The Hall–Kier alpha value is -2.60. The van der Waals surface area contributed by atoms with Crippen molar-refractivity contribution >= 4 is 34.3 Å². The predicted molar refractivity (Wildman–Crippen MR) is 101 cm³/mol. The van der Waals surface area contributed by atoms with E-state index < -0.39 is 5.97 Å². The zero-order chi connectivity index (χ0) is 18.6. The van der Waals surface area contributed by atoms with Crippen molar-refractivity contribution in [1.29, 1.82) is 0 Å². The lowest BCUT2D eigenvalue weighted by Gasteiger charge is -2.06. The second-order valence-corrected chi connectivity index (χ2v) is 6.77. The van der Waals surface area contributed by atoms with Crippen LogP contribution < -0.4 is 10.1 Å². The Bertz CT molecular complexity index is 836. The highest BCUT2D eigenvalue weighted by Gasteiger charge is 2.21. The molecule has 0 spiro atoms. The van der Waals surface area contributed by atoms with Crippen LogP contribution in [0.2, 0.25) is 0 Å². The molecular weight excluding hydrogens is 338 g/mol. The van der Waals surface area contributed by atoms with Gasteiger partial charge in [0.05, 0.1) is 19.8 Å². The molecule has 1 aromatic heterocycles. The van der Waals surface area contributed by atoms with E-state index >= 15 is 0 Å². The van der Waals surface area contributed by atoms with Gasteiger partial charge in [-0.25, -0.2) is 4.79 Å². The lowest BCUT2D eigenvalue weighted by atomic mass is 10.1. The normalized spacial score (nSPS) is 10.8. The highest BCUT2D eigenvalue weighted by atomic mass is 32.1. The number of carbonyl (C=O) groups excluding carboxylic acids is 2. The standard InChI is InChI=1S/C19H21NO4S/c1-11-6-8-15(23-4)14(10-11)7-9-16(21)20-18-17(19(22)24-5)12(2)13(3)25-18/h6-10H,1-5H3,(H,20,21)/b9-7+. The number of methoxy groups -OCH3 is 2. The number of anilines is 1. The number of esters is 1. The van der Waals surface area contributed by atoms with Gasteiger partial charge in [0, 0.05) is 16.5 Å². The van der Waals surface area contributed by atoms with E-state index in [-0.39, 0.29) is 5.91 Å². The average Bonchev–Trinajstić information content (AvgIpc) is 2.86. The molecule has 0 aliphatic carbocycles. The number of rotatable bonds is 5. The summed E-state index contributed by atoms with van der Waals surface area (Å²) >= 11 is 1.35. The van der Waals surface area contributed by atoms with Crippen LogP contribution in [0.5, 0.6) is 5.75 Å². The SMILES string of the molecule is COC(=O)c1c(NC(=O)/C=C/c2cc(C)ccc2OC)sc(C)c1C. The molecule has 132 valence electrons. The minimum Gasteiger partial charge on any atom is -0.496 e. The van der Waals surface area contributed by atoms with Gasteiger partial charge in [0.25, 0.3) is 0 Å². The summed E-state index contributed by atoms with van der Waals surface area (Å²) in [6.45, 7) is 5.70. The van der Waals surface area contributed by atoms with Gasteiger partial charge in [0.2, 0.25) is 5.91 Å². The second-order valence-electron chi connectivity index (χ2n) is 5.55. The fourth-order valence-electron chi connectivity index (χ4n) is 2.37. The maximum absolute atomic E-state index is 12.3. The van der Waals surface area contributed by atoms with Crippen molar-refractivity contribution in [2.75, 3.05) is 19.5 Å². The summed E-state index contributed by atoms with van der Waals surface area (Å²) in [5.41, 5.74) is 3.10. The predicted octanol–water partition coefficient (Wildman–Crippen LogP) is 4.12. The number of amides is 1. The number of nitrogens with one attached hydrogen (secondary N) is 1. The number of benzene rings is 1. The first-order valence-electron chi connectivity index (χ1n) is 7.69. The van der Waals surface area contributed by atoms with Gasteiger partial charge in [-0.3, -0.25) is 4.79 Å². The summed E-state index contributed by atoms with van der Waals surface area (Å²) in [5.74, 6) is -0.0934. The zero-order valence-corrected chi connectivity index (χ0v) is 15.7. The largest absolute Gasteiger partial charge is 0.496 e. The Morgan fingerprint density at radius 3 is 2.52 bits per heavy atom. The number of aryl methyl sites for hydroxylation is 2. The van der Waals surface area contributed by atoms with Crippen LogP contribution in [0.4, 0.5) is 5.00 Å². The molecule has 0 bridgehead atoms. The summed E-state index contributed by atoms with van der Waals surface area (Å²) < 4.78 is 10.1. The Morgan fingerprint density at radius 1 is 1.16 bits per heavy atom. The van der Waals surface area contributed by atoms with Gasteiger partial charge in [-0.2, -0.15) is 0 Å². The van der Waals surface area contributed by atoms with E-state index in [9.17, 15) is 9.59 Å². The summed E-state index contributed by atoms with van der Waals surface area (Å²) in [7, 11) is 2.91. The molecule has 5 nitrogen and oxygen atoms in total. The molecule has 0 radical (unpaired) electrons. The van der Waals surface area contributed by atoms with Gasteiger partial charge in [-0.15, -0.1) is 11.3 Å². The van der Waals surface area contributed by atoms with Crippen LogP contribution in [-0.4, -0.2) is 26.1 Å². The Morgan fingerprint density at radius 2 is 1.88 bits per heavy atom. The molecule has 25 heavy (non-hydrogen) atoms. The minimum absolute atomic E-state index is 0.324. The molecule has 1 N–H and O–H groups in total. The van der Waals surface area contributed by atoms with Crippen LogP contribution in [-0.2, 0) is 9.53 Å². The van der Waals surface area contributed by atoms with Gasteiger partial charge in [0.1, 0.15) is 10.8 Å². The van der Waals surface area contributed by atoms with Gasteiger partial charge >= 0.3 is 5.97 Å². The number of hydrogen-bond acceptors (Lipinski definition) is 5. The van der Waals surface area contributed by atoms with Crippen molar-refractivity contribution in [2.45, 2.75) is 20.8 Å². The highest BCUT2D eigenvalue weighted by Crippen LogP contribution is 2.33. The zero-order valence-electron chi connectivity index (χ0n) is 14.9. The molecule has 0 aliphatic heterocycles. The van der Waals surface area contributed by atoms with Crippen LogP contribution >= 0.6 is 11.3 Å². The monoisotopic (exact) mass is 359 g/mol. The molecule has 0 atom stereocenters. The molecule has 0 unspecified atom stereocenters. The molecule has 1 heterocycles. The lowest BCUT2D eigenvalue weighted by molar-refractivity contribution is -0.111. The smallest absolute Gasteiger partial charge is 0.341 e. The van der Waals surface area contributed by atoms with Gasteiger partial charge in [0.15, 0.2) is 0 Å². The van der Waals surface area contributed by atoms with E-state index in [1.807, 2.05) is 39.0 Å². The van der Waals surface area contributed by atoms with E-state index in [4.69, 9.17) is 9.47 Å². The molecule has 0 aliphatic rings.